The van der Waals surface area contributed by atoms with E-state index >= 15 is 0 Å². The second-order valence-corrected chi connectivity index (χ2v) is 14.4. The average Bonchev–Trinajstić information content (AvgIpc) is 3.27. The molecule has 2 aromatic heterocycles. The summed E-state index contributed by atoms with van der Waals surface area (Å²) in [6.45, 7) is 3.18. The fraction of sp³-hybridized carbons (Fsp3) is 0.310. The molecule has 23 nitrogen and oxygen atoms in total. The summed E-state index contributed by atoms with van der Waals surface area (Å²) in [7, 11) is 1.82. The molecule has 0 fully saturated rings. The topological polar surface area (TPSA) is 374 Å². The molecule has 0 saturated heterocycles. The van der Waals surface area contributed by atoms with Crippen LogP contribution in [0.4, 0.5) is 28.8 Å². The summed E-state index contributed by atoms with van der Waals surface area (Å²) in [5.41, 5.74) is 14.3. The van der Waals surface area contributed by atoms with Gasteiger partial charge in [0.05, 0.1) is 53.9 Å². The molecule has 2 heterocycles. The summed E-state index contributed by atoms with van der Waals surface area (Å²) in [6.07, 6.45) is 0.964. The Balaban J connectivity index is 0.000000244. The van der Waals surface area contributed by atoms with Crippen molar-refractivity contribution in [1.82, 2.24) is 35.9 Å². The van der Waals surface area contributed by atoms with Gasteiger partial charge in [0.15, 0.2) is 17.0 Å². The van der Waals surface area contributed by atoms with E-state index in [4.69, 9.17) is 26.8 Å². The van der Waals surface area contributed by atoms with Crippen LogP contribution in [-0.4, -0.2) is 146 Å². The maximum atomic E-state index is 13.4. The van der Waals surface area contributed by atoms with E-state index in [0.29, 0.717) is 74.0 Å². The molecule has 344 valence electrons. The smallest absolute Gasteiger partial charge is 0.326 e. The van der Waals surface area contributed by atoms with Crippen LogP contribution in [0.5, 0.6) is 11.5 Å². The lowest BCUT2D eigenvalue weighted by atomic mass is 9.81. The number of carbonyl (C=O) groups is 5. The molecular formula is C42H50N12O11. The summed E-state index contributed by atoms with van der Waals surface area (Å²) < 4.78 is 0. The zero-order chi connectivity index (χ0) is 47.2. The van der Waals surface area contributed by atoms with Gasteiger partial charge in [-0.15, -0.1) is 0 Å². The third-order valence-electron chi connectivity index (χ3n) is 9.81. The number of ketones is 2. The van der Waals surface area contributed by atoms with E-state index in [1.165, 1.54) is 24.3 Å². The Hall–Kier alpha value is -7.73. The summed E-state index contributed by atoms with van der Waals surface area (Å²) in [5, 5.41) is 70.8. The summed E-state index contributed by atoms with van der Waals surface area (Å²) in [5.74, 6) is -4.77. The number of nitrogens with zero attached hydrogens (tertiary/aromatic N) is 5. The van der Waals surface area contributed by atoms with Crippen LogP contribution in [0.3, 0.4) is 0 Å². The number of nitrogens with one attached hydrogen (secondary N) is 5. The molecule has 1 amide bonds. The quantitative estimate of drug-likeness (QED) is 0.0337. The molecular weight excluding hydrogens is 849 g/mol. The van der Waals surface area contributed by atoms with Crippen LogP contribution in [0.1, 0.15) is 60.7 Å². The molecule has 23 heteroatoms. The molecule has 0 saturated carbocycles. The number of anilines is 5. The molecule has 65 heavy (non-hydrogen) atoms. The van der Waals surface area contributed by atoms with Crippen LogP contribution in [0, 0.1) is 0 Å². The first-order valence-corrected chi connectivity index (χ1v) is 20.2. The Labute approximate surface area is 370 Å². The minimum absolute atomic E-state index is 0.00939. The molecule has 15 N–H and O–H groups in total. The van der Waals surface area contributed by atoms with Crippen LogP contribution in [0.15, 0.2) is 54.7 Å². The molecule has 5 aromatic rings. The number of benzene rings is 3. The lowest BCUT2D eigenvalue weighted by Gasteiger charge is -2.25. The van der Waals surface area contributed by atoms with Crippen molar-refractivity contribution in [2.24, 2.45) is 0 Å². The number of aliphatic hydroxyl groups is 2. The van der Waals surface area contributed by atoms with Crippen molar-refractivity contribution in [1.29, 1.82) is 0 Å². The molecule has 1 aliphatic carbocycles. The van der Waals surface area contributed by atoms with Gasteiger partial charge < -0.3 is 73.6 Å². The van der Waals surface area contributed by atoms with Crippen LogP contribution in [-0.2, 0) is 16.1 Å². The number of rotatable bonds is 21. The highest BCUT2D eigenvalue weighted by Gasteiger charge is 2.38. The van der Waals surface area contributed by atoms with Crippen molar-refractivity contribution < 1.29 is 54.6 Å². The summed E-state index contributed by atoms with van der Waals surface area (Å²) >= 11 is 0. The first kappa shape index (κ1) is 48.3. The number of phenolic OH excluding ortho intramolecular Hbond substituents is 2. The first-order chi connectivity index (χ1) is 31.1. The largest absolute Gasteiger partial charge is 0.507 e. The lowest BCUT2D eigenvalue weighted by molar-refractivity contribution is -0.140. The van der Waals surface area contributed by atoms with Crippen molar-refractivity contribution >= 4 is 69.4 Å². The SMILES string of the molecule is CN(Cc1cnc2nc(N)nc(N)c2n1)c1ccc(C(=O)N[C@@H](CCC(=O)O)C(=O)O)cc1.O=C1c2c(O)ccc(O)c2C(=O)c2c(NCCNCCO)ccc(NCCNCCO)c21. The maximum absolute atomic E-state index is 13.4. The Morgan fingerprint density at radius 1 is 0.723 bits per heavy atom. The molecule has 0 unspecified atom stereocenters. The number of aromatic nitrogens is 4. The van der Waals surface area contributed by atoms with Crippen LogP contribution in [0.2, 0.25) is 0 Å². The number of carboxylic acids is 2. The average molecular weight is 899 g/mol. The molecule has 1 aliphatic rings. The van der Waals surface area contributed by atoms with E-state index in [2.05, 4.69) is 46.5 Å². The molecule has 0 aliphatic heterocycles. The monoisotopic (exact) mass is 898 g/mol. The number of phenols is 2. The number of amides is 1. The number of carbonyl (C=O) groups excluding carboxylic acids is 3. The molecule has 0 spiro atoms. The van der Waals surface area contributed by atoms with E-state index in [-0.39, 0.29) is 77.1 Å². The van der Waals surface area contributed by atoms with Gasteiger partial charge >= 0.3 is 11.9 Å². The highest BCUT2D eigenvalue weighted by Crippen LogP contribution is 2.42. The van der Waals surface area contributed by atoms with Gasteiger partial charge in [-0.1, -0.05) is 0 Å². The van der Waals surface area contributed by atoms with E-state index in [9.17, 15) is 39.3 Å². The highest BCUT2D eigenvalue weighted by molar-refractivity contribution is 6.33. The lowest BCUT2D eigenvalue weighted by Crippen LogP contribution is -2.41. The zero-order valence-corrected chi connectivity index (χ0v) is 35.2. The van der Waals surface area contributed by atoms with Crippen LogP contribution >= 0.6 is 0 Å². The van der Waals surface area contributed by atoms with Gasteiger partial charge in [-0.05, 0) is 55.0 Å². The highest BCUT2D eigenvalue weighted by atomic mass is 16.4. The van der Waals surface area contributed by atoms with E-state index in [1.807, 2.05) is 11.9 Å². The van der Waals surface area contributed by atoms with Crippen molar-refractivity contribution in [3.8, 4) is 11.5 Å². The summed E-state index contributed by atoms with van der Waals surface area (Å²) in [6, 6.07) is 10.9. The normalized spacial score (nSPS) is 12.0. The Bertz CT molecular complexity index is 2460. The number of hydrogen-bond acceptors (Lipinski definition) is 20. The molecule has 0 radical (unpaired) electrons. The molecule has 1 atom stereocenters. The van der Waals surface area contributed by atoms with Gasteiger partial charge in [-0.3, -0.25) is 19.2 Å². The predicted molar refractivity (Wildman–Crippen MR) is 238 cm³/mol. The molecule has 0 bridgehead atoms. The number of aromatic hydroxyl groups is 2. The third-order valence-corrected chi connectivity index (χ3v) is 9.81. The molecule has 3 aromatic carbocycles. The van der Waals surface area contributed by atoms with E-state index < -0.39 is 35.5 Å². The van der Waals surface area contributed by atoms with Gasteiger partial charge in [0, 0.05) is 75.4 Å². The van der Waals surface area contributed by atoms with Crippen molar-refractivity contribution in [3.05, 3.63) is 88.2 Å². The van der Waals surface area contributed by atoms with Gasteiger partial charge in [0.25, 0.3) is 5.91 Å². The number of aliphatic hydroxyl groups excluding tert-OH is 2. The standard InChI is InChI=1S/C22H28N4O6.C20H22N8O5/c27-11-9-23-5-7-25-13-1-2-14(26-8-6-24-10-12-28)18-17(13)21(31)19-15(29)3-4-16(30)20(19)22(18)32;1-28(9-11-8-23-17-15(24-11)16(21)26-20(22)27-17)12-4-2-10(3-5-12)18(31)25-13(19(32)33)6-7-14(29)30/h1-4,23-30H,5-12H2;2-5,8,13H,6-7,9H2,1H3,(H,25,31)(H,29,30)(H,32,33)(H4,21,22,23,26,27)/t;13-/m.0/s1. The van der Waals surface area contributed by atoms with Crippen molar-refractivity contribution in [3.63, 3.8) is 0 Å². The fourth-order valence-corrected chi connectivity index (χ4v) is 6.67. The minimum atomic E-state index is -1.30. The van der Waals surface area contributed by atoms with Crippen LogP contribution in [0.25, 0.3) is 11.2 Å². The number of nitrogens with two attached hydrogens (primary N) is 2. The van der Waals surface area contributed by atoms with Crippen LogP contribution < -0.4 is 43.0 Å². The number of nitrogen functional groups attached to an aromatic ring is 2. The van der Waals surface area contributed by atoms with E-state index in [0.717, 1.165) is 5.69 Å². The maximum Gasteiger partial charge on any atom is 0.326 e. The Kier molecular flexibility index (Phi) is 16.8. The molecule has 6 rings (SSSR count). The predicted octanol–water partition coefficient (Wildman–Crippen LogP) is 0.129. The number of fused-ring (bicyclic) bond motifs is 3. The number of aliphatic carboxylic acids is 2. The summed E-state index contributed by atoms with van der Waals surface area (Å²) in [4.78, 5) is 79.4. The first-order valence-electron chi connectivity index (χ1n) is 20.2. The van der Waals surface area contributed by atoms with Crippen molar-refractivity contribution in [2.75, 3.05) is 86.5 Å². The number of hydrogen-bond donors (Lipinski definition) is 13. The Morgan fingerprint density at radius 3 is 1.78 bits per heavy atom. The Morgan fingerprint density at radius 2 is 1.28 bits per heavy atom. The third kappa shape index (κ3) is 12.3. The van der Waals surface area contributed by atoms with Gasteiger partial charge in [-0.25, -0.2) is 14.8 Å². The number of carboxylic acid groups (broad SMARTS) is 2. The fourth-order valence-electron chi connectivity index (χ4n) is 6.67. The van der Waals surface area contributed by atoms with Gasteiger partial charge in [0.2, 0.25) is 17.5 Å². The second kappa shape index (κ2) is 22.6. The minimum Gasteiger partial charge on any atom is -0.507 e. The van der Waals surface area contributed by atoms with E-state index in [1.54, 1.807) is 30.5 Å². The van der Waals surface area contributed by atoms with Gasteiger partial charge in [-0.2, -0.15) is 9.97 Å². The van der Waals surface area contributed by atoms with Crippen molar-refractivity contribution in [2.45, 2.75) is 25.4 Å². The van der Waals surface area contributed by atoms with Gasteiger partial charge in [0.1, 0.15) is 17.5 Å². The second-order valence-electron chi connectivity index (χ2n) is 14.4. The zero-order valence-electron chi connectivity index (χ0n) is 35.2.